The molecule has 76 valence electrons. The maximum atomic E-state index is 11.2. The SMILES string of the molecule is O=C1C=C2c3ccccc3CCCC2O1. The Morgan fingerprint density at radius 1 is 1.27 bits per heavy atom. The van der Waals surface area contributed by atoms with Crippen LogP contribution in [0.2, 0.25) is 0 Å². The van der Waals surface area contributed by atoms with Crippen molar-refractivity contribution in [3.05, 3.63) is 41.5 Å². The van der Waals surface area contributed by atoms with E-state index in [0.717, 1.165) is 24.8 Å². The molecule has 0 N–H and O–H groups in total. The lowest BCUT2D eigenvalue weighted by Crippen LogP contribution is -2.09. The zero-order valence-corrected chi connectivity index (χ0v) is 8.40. The van der Waals surface area contributed by atoms with E-state index in [1.807, 2.05) is 6.07 Å². The molecule has 0 saturated carbocycles. The molecule has 0 spiro atoms. The highest BCUT2D eigenvalue weighted by Crippen LogP contribution is 2.34. The summed E-state index contributed by atoms with van der Waals surface area (Å²) in [6.45, 7) is 0. The molecule has 1 aromatic carbocycles. The van der Waals surface area contributed by atoms with E-state index in [2.05, 4.69) is 18.2 Å². The van der Waals surface area contributed by atoms with Gasteiger partial charge >= 0.3 is 5.97 Å². The Morgan fingerprint density at radius 2 is 2.13 bits per heavy atom. The van der Waals surface area contributed by atoms with Crippen molar-refractivity contribution in [3.8, 4) is 0 Å². The molecule has 15 heavy (non-hydrogen) atoms. The van der Waals surface area contributed by atoms with Gasteiger partial charge < -0.3 is 4.74 Å². The standard InChI is InChI=1S/C13H12O2/c14-13-8-11-10-6-2-1-4-9(10)5-3-7-12(11)15-13/h1-2,4,6,8,12H,3,5,7H2. The Kier molecular flexibility index (Phi) is 1.88. The Balaban J connectivity index is 2.15. The first-order valence-corrected chi connectivity index (χ1v) is 5.35. The van der Waals surface area contributed by atoms with E-state index in [-0.39, 0.29) is 12.1 Å². The van der Waals surface area contributed by atoms with Crippen LogP contribution in [0.25, 0.3) is 5.57 Å². The lowest BCUT2D eigenvalue weighted by atomic mass is 9.98. The van der Waals surface area contributed by atoms with Crippen LogP contribution < -0.4 is 0 Å². The van der Waals surface area contributed by atoms with E-state index in [0.29, 0.717) is 0 Å². The molecule has 0 bridgehead atoms. The van der Waals surface area contributed by atoms with Crippen molar-refractivity contribution in [2.75, 3.05) is 0 Å². The van der Waals surface area contributed by atoms with E-state index in [4.69, 9.17) is 4.74 Å². The molecule has 1 heterocycles. The number of hydrogen-bond acceptors (Lipinski definition) is 2. The Labute approximate surface area is 88.6 Å². The molecule has 0 aromatic heterocycles. The molecule has 2 heteroatoms. The smallest absolute Gasteiger partial charge is 0.331 e. The second-order valence-electron chi connectivity index (χ2n) is 4.07. The van der Waals surface area contributed by atoms with Gasteiger partial charge in [-0.3, -0.25) is 0 Å². The Hall–Kier alpha value is -1.57. The number of aryl methyl sites for hydroxylation is 1. The second-order valence-corrected chi connectivity index (χ2v) is 4.07. The summed E-state index contributed by atoms with van der Waals surface area (Å²) in [5.41, 5.74) is 3.61. The van der Waals surface area contributed by atoms with E-state index < -0.39 is 0 Å². The fraction of sp³-hybridized carbons (Fsp3) is 0.308. The predicted molar refractivity (Wildman–Crippen MR) is 57.2 cm³/mol. The Morgan fingerprint density at radius 3 is 3.07 bits per heavy atom. The maximum absolute atomic E-state index is 11.2. The van der Waals surface area contributed by atoms with Crippen LogP contribution in [-0.2, 0) is 16.0 Å². The molecule has 1 unspecified atom stereocenters. The molecule has 0 amide bonds. The van der Waals surface area contributed by atoms with Crippen LogP contribution in [-0.4, -0.2) is 12.1 Å². The monoisotopic (exact) mass is 200 g/mol. The minimum atomic E-state index is -0.188. The van der Waals surface area contributed by atoms with E-state index in [1.165, 1.54) is 11.1 Å². The van der Waals surface area contributed by atoms with Crippen molar-refractivity contribution < 1.29 is 9.53 Å². The van der Waals surface area contributed by atoms with E-state index >= 15 is 0 Å². The van der Waals surface area contributed by atoms with Crippen LogP contribution in [0.4, 0.5) is 0 Å². The molecule has 1 aromatic rings. The summed E-state index contributed by atoms with van der Waals surface area (Å²) in [5, 5.41) is 0. The summed E-state index contributed by atoms with van der Waals surface area (Å²) >= 11 is 0. The third-order valence-corrected chi connectivity index (χ3v) is 3.12. The number of carbonyl (C=O) groups excluding carboxylic acids is 1. The van der Waals surface area contributed by atoms with Gasteiger partial charge in [0.05, 0.1) is 0 Å². The molecule has 2 aliphatic rings. The second kappa shape index (κ2) is 3.23. The van der Waals surface area contributed by atoms with Crippen molar-refractivity contribution in [1.82, 2.24) is 0 Å². The van der Waals surface area contributed by atoms with Crippen LogP contribution in [0.5, 0.6) is 0 Å². The third kappa shape index (κ3) is 1.37. The highest BCUT2D eigenvalue weighted by atomic mass is 16.5. The molecule has 0 radical (unpaired) electrons. The van der Waals surface area contributed by atoms with Crippen LogP contribution >= 0.6 is 0 Å². The normalized spacial score (nSPS) is 23.6. The van der Waals surface area contributed by atoms with Gasteiger partial charge in [0, 0.05) is 11.6 Å². The first-order chi connectivity index (χ1) is 7.34. The number of fused-ring (bicyclic) bond motifs is 3. The van der Waals surface area contributed by atoms with Crippen molar-refractivity contribution in [2.45, 2.75) is 25.4 Å². The van der Waals surface area contributed by atoms with Crippen molar-refractivity contribution in [2.24, 2.45) is 0 Å². The fourth-order valence-corrected chi connectivity index (χ4v) is 2.42. The van der Waals surface area contributed by atoms with Crippen LogP contribution in [0.3, 0.4) is 0 Å². The molecule has 1 atom stereocenters. The zero-order valence-electron chi connectivity index (χ0n) is 8.40. The minimum absolute atomic E-state index is 0.00106. The fourth-order valence-electron chi connectivity index (χ4n) is 2.42. The largest absolute Gasteiger partial charge is 0.454 e. The summed E-state index contributed by atoms with van der Waals surface area (Å²) in [7, 11) is 0. The molecular weight excluding hydrogens is 188 g/mol. The quantitative estimate of drug-likeness (QED) is 0.601. The molecule has 0 saturated heterocycles. The van der Waals surface area contributed by atoms with Crippen LogP contribution in [0.15, 0.2) is 30.3 Å². The molecular formula is C13H12O2. The van der Waals surface area contributed by atoms with Crippen molar-refractivity contribution >= 4 is 11.5 Å². The summed E-state index contributed by atoms with van der Waals surface area (Å²) in [6, 6.07) is 8.30. The van der Waals surface area contributed by atoms with Gasteiger partial charge in [-0.1, -0.05) is 24.3 Å². The highest BCUT2D eigenvalue weighted by Gasteiger charge is 2.29. The zero-order chi connectivity index (χ0) is 10.3. The van der Waals surface area contributed by atoms with Gasteiger partial charge in [0.15, 0.2) is 0 Å². The molecule has 0 fully saturated rings. The number of carbonyl (C=O) groups is 1. The average molecular weight is 200 g/mol. The predicted octanol–water partition coefficient (Wildman–Crippen LogP) is 2.33. The molecule has 3 rings (SSSR count). The topological polar surface area (TPSA) is 26.3 Å². The van der Waals surface area contributed by atoms with Gasteiger partial charge in [-0.2, -0.15) is 0 Å². The first-order valence-electron chi connectivity index (χ1n) is 5.35. The molecule has 1 aliphatic heterocycles. The molecule has 1 aliphatic carbocycles. The van der Waals surface area contributed by atoms with Gasteiger partial charge in [0.1, 0.15) is 6.10 Å². The number of esters is 1. The van der Waals surface area contributed by atoms with Crippen LogP contribution in [0.1, 0.15) is 24.0 Å². The number of benzene rings is 1. The lowest BCUT2D eigenvalue weighted by Gasteiger charge is -2.11. The van der Waals surface area contributed by atoms with E-state index in [1.54, 1.807) is 6.08 Å². The van der Waals surface area contributed by atoms with Crippen molar-refractivity contribution in [3.63, 3.8) is 0 Å². The average Bonchev–Trinajstić information content (AvgIpc) is 2.52. The van der Waals surface area contributed by atoms with E-state index in [9.17, 15) is 4.79 Å². The van der Waals surface area contributed by atoms with Gasteiger partial charge in [-0.15, -0.1) is 0 Å². The van der Waals surface area contributed by atoms with Crippen LogP contribution in [0, 0.1) is 0 Å². The van der Waals surface area contributed by atoms with Gasteiger partial charge in [0.25, 0.3) is 0 Å². The minimum Gasteiger partial charge on any atom is -0.454 e. The lowest BCUT2D eigenvalue weighted by molar-refractivity contribution is -0.138. The summed E-state index contributed by atoms with van der Waals surface area (Å²) < 4.78 is 5.27. The van der Waals surface area contributed by atoms with Crippen molar-refractivity contribution in [1.29, 1.82) is 0 Å². The number of hydrogen-bond donors (Lipinski definition) is 0. The first kappa shape index (κ1) is 8.72. The Bertz CT molecular complexity index is 446. The molecule has 2 nitrogen and oxygen atoms in total. The van der Waals surface area contributed by atoms with Gasteiger partial charge in [0.2, 0.25) is 0 Å². The maximum Gasteiger partial charge on any atom is 0.331 e. The number of rotatable bonds is 0. The number of ether oxygens (including phenoxy) is 1. The third-order valence-electron chi connectivity index (χ3n) is 3.12. The summed E-state index contributed by atoms with van der Waals surface area (Å²) in [4.78, 5) is 11.2. The summed E-state index contributed by atoms with van der Waals surface area (Å²) in [5.74, 6) is -0.188. The van der Waals surface area contributed by atoms with Gasteiger partial charge in [-0.05, 0) is 30.4 Å². The van der Waals surface area contributed by atoms with Gasteiger partial charge in [-0.25, -0.2) is 4.79 Å². The summed E-state index contributed by atoms with van der Waals surface area (Å²) in [6.07, 6.45) is 4.77. The highest BCUT2D eigenvalue weighted by molar-refractivity contribution is 5.97.